The molecule has 2 aromatic rings. The maximum absolute atomic E-state index is 14.0. The molecule has 2 heterocycles. The average molecular weight is 286 g/mol. The minimum atomic E-state index is -3.89. The lowest BCUT2D eigenvalue weighted by atomic mass is 10.2. The SMILES string of the molecule is CS(=O)(=O)n1cc(C=O)c(F)c1-c1cccnc1F. The van der Waals surface area contributed by atoms with Gasteiger partial charge in [0.2, 0.25) is 16.0 Å². The molecule has 0 amide bonds. The van der Waals surface area contributed by atoms with Gasteiger partial charge in [-0.3, -0.25) is 4.79 Å². The summed E-state index contributed by atoms with van der Waals surface area (Å²) < 4.78 is 51.2. The summed E-state index contributed by atoms with van der Waals surface area (Å²) in [5, 5.41) is 0. The molecule has 2 aromatic heterocycles. The zero-order valence-corrected chi connectivity index (χ0v) is 10.5. The maximum Gasteiger partial charge on any atom is 0.236 e. The Kier molecular flexibility index (Phi) is 3.19. The highest BCUT2D eigenvalue weighted by Crippen LogP contribution is 2.28. The lowest BCUT2D eigenvalue weighted by molar-refractivity contribution is 0.112. The number of hydrogen-bond donors (Lipinski definition) is 0. The van der Waals surface area contributed by atoms with Gasteiger partial charge in [-0.1, -0.05) is 0 Å². The molecule has 0 saturated heterocycles. The fourth-order valence-corrected chi connectivity index (χ4v) is 2.44. The van der Waals surface area contributed by atoms with Crippen LogP contribution in [0, 0.1) is 11.8 Å². The van der Waals surface area contributed by atoms with Crippen molar-refractivity contribution in [3.8, 4) is 11.3 Å². The maximum atomic E-state index is 14.0. The molecule has 0 bridgehead atoms. The van der Waals surface area contributed by atoms with Gasteiger partial charge < -0.3 is 0 Å². The van der Waals surface area contributed by atoms with Crippen molar-refractivity contribution in [2.75, 3.05) is 6.26 Å². The second-order valence-corrected chi connectivity index (χ2v) is 5.62. The van der Waals surface area contributed by atoms with Crippen molar-refractivity contribution < 1.29 is 22.0 Å². The van der Waals surface area contributed by atoms with Gasteiger partial charge in [-0.15, -0.1) is 0 Å². The Balaban J connectivity index is 2.87. The molecule has 0 unspecified atom stereocenters. The summed E-state index contributed by atoms with van der Waals surface area (Å²) >= 11 is 0. The van der Waals surface area contributed by atoms with Crippen LogP contribution in [0.5, 0.6) is 0 Å². The summed E-state index contributed by atoms with van der Waals surface area (Å²) in [7, 11) is -3.89. The van der Waals surface area contributed by atoms with Crippen LogP contribution in [0.25, 0.3) is 11.3 Å². The van der Waals surface area contributed by atoms with Gasteiger partial charge in [0.05, 0.1) is 17.4 Å². The highest BCUT2D eigenvalue weighted by molar-refractivity contribution is 7.89. The van der Waals surface area contributed by atoms with Crippen molar-refractivity contribution in [2.45, 2.75) is 0 Å². The normalized spacial score (nSPS) is 11.5. The second kappa shape index (κ2) is 4.54. The summed E-state index contributed by atoms with van der Waals surface area (Å²) in [5.41, 5.74) is -1.35. The lowest BCUT2D eigenvalue weighted by Gasteiger charge is -2.07. The van der Waals surface area contributed by atoms with Gasteiger partial charge in [0.25, 0.3) is 0 Å². The summed E-state index contributed by atoms with van der Waals surface area (Å²) in [5.74, 6) is -2.13. The Hall–Kier alpha value is -2.09. The number of halogens is 2. The van der Waals surface area contributed by atoms with Crippen molar-refractivity contribution in [2.24, 2.45) is 0 Å². The molecule has 0 atom stereocenters. The Morgan fingerprint density at radius 3 is 2.58 bits per heavy atom. The second-order valence-electron chi connectivity index (χ2n) is 3.77. The highest BCUT2D eigenvalue weighted by Gasteiger charge is 2.24. The van der Waals surface area contributed by atoms with Crippen LogP contribution in [0.1, 0.15) is 10.4 Å². The molecule has 0 fully saturated rings. The molecular formula is C11H8F2N2O3S. The molecule has 8 heteroatoms. The van der Waals surface area contributed by atoms with Crippen LogP contribution >= 0.6 is 0 Å². The Bertz CT molecular complexity index is 753. The zero-order valence-electron chi connectivity index (χ0n) is 9.67. The van der Waals surface area contributed by atoms with Gasteiger partial charge in [-0.25, -0.2) is 21.8 Å². The van der Waals surface area contributed by atoms with Crippen molar-refractivity contribution in [3.05, 3.63) is 41.9 Å². The van der Waals surface area contributed by atoms with E-state index in [4.69, 9.17) is 0 Å². The third-order valence-corrected chi connectivity index (χ3v) is 3.44. The van der Waals surface area contributed by atoms with Crippen molar-refractivity contribution in [1.29, 1.82) is 0 Å². The molecule has 0 radical (unpaired) electrons. The molecule has 0 aliphatic rings. The molecule has 100 valence electrons. The minimum absolute atomic E-state index is 0.161. The van der Waals surface area contributed by atoms with E-state index in [0.29, 0.717) is 3.97 Å². The number of aromatic nitrogens is 2. The summed E-state index contributed by atoms with van der Waals surface area (Å²) in [6.45, 7) is 0. The number of carbonyl (C=O) groups excluding carboxylic acids is 1. The number of pyridine rings is 1. The summed E-state index contributed by atoms with van der Waals surface area (Å²) in [6.07, 6.45) is 2.93. The van der Waals surface area contributed by atoms with Crippen LogP contribution in [0.4, 0.5) is 8.78 Å². The van der Waals surface area contributed by atoms with Crippen LogP contribution in [0.3, 0.4) is 0 Å². The highest BCUT2D eigenvalue weighted by atomic mass is 32.2. The fourth-order valence-electron chi connectivity index (χ4n) is 1.62. The van der Waals surface area contributed by atoms with Crippen molar-refractivity contribution >= 4 is 16.3 Å². The Morgan fingerprint density at radius 2 is 2.05 bits per heavy atom. The van der Waals surface area contributed by atoms with Crippen molar-refractivity contribution in [1.82, 2.24) is 8.96 Å². The summed E-state index contributed by atoms with van der Waals surface area (Å²) in [6, 6.07) is 2.51. The fraction of sp³-hybridized carbons (Fsp3) is 0.0909. The van der Waals surface area contributed by atoms with E-state index < -0.39 is 33.0 Å². The minimum Gasteiger partial charge on any atom is -0.298 e. The van der Waals surface area contributed by atoms with Gasteiger partial charge in [0.1, 0.15) is 5.69 Å². The van der Waals surface area contributed by atoms with Crippen LogP contribution in [0.15, 0.2) is 24.5 Å². The largest absolute Gasteiger partial charge is 0.298 e. The van der Waals surface area contributed by atoms with E-state index >= 15 is 0 Å². The predicted octanol–water partition coefficient (Wildman–Crippen LogP) is 1.45. The third kappa shape index (κ3) is 2.26. The van der Waals surface area contributed by atoms with Crippen LogP contribution in [-0.4, -0.2) is 29.9 Å². The van der Waals surface area contributed by atoms with E-state index in [2.05, 4.69) is 4.98 Å². The predicted molar refractivity (Wildman–Crippen MR) is 63.2 cm³/mol. The standard InChI is InChI=1S/C11H8F2N2O3S/c1-19(17,18)15-5-7(6-16)9(12)10(15)8-3-2-4-14-11(8)13/h2-6H,1H3. The van der Waals surface area contributed by atoms with Crippen molar-refractivity contribution in [3.63, 3.8) is 0 Å². The van der Waals surface area contributed by atoms with E-state index in [0.717, 1.165) is 18.6 Å². The van der Waals surface area contributed by atoms with Gasteiger partial charge in [0.15, 0.2) is 12.1 Å². The number of nitrogens with zero attached hydrogens (tertiary/aromatic N) is 2. The first-order valence-electron chi connectivity index (χ1n) is 5.03. The smallest absolute Gasteiger partial charge is 0.236 e. The lowest BCUT2D eigenvalue weighted by Crippen LogP contribution is -2.11. The molecule has 0 aliphatic heterocycles. The molecule has 0 aromatic carbocycles. The van der Waals surface area contributed by atoms with Gasteiger partial charge in [-0.05, 0) is 12.1 Å². The quantitative estimate of drug-likeness (QED) is 0.632. The monoisotopic (exact) mass is 286 g/mol. The molecule has 0 saturated carbocycles. The first kappa shape index (κ1) is 13.3. The van der Waals surface area contributed by atoms with Gasteiger partial charge in [-0.2, -0.15) is 4.39 Å². The molecule has 0 aliphatic carbocycles. The van der Waals surface area contributed by atoms with E-state index in [1.807, 2.05) is 0 Å². The van der Waals surface area contributed by atoms with E-state index in [1.54, 1.807) is 0 Å². The van der Waals surface area contributed by atoms with E-state index in [1.165, 1.54) is 12.1 Å². The molecule has 0 N–H and O–H groups in total. The Labute approximate surface area is 107 Å². The molecule has 2 rings (SSSR count). The number of rotatable bonds is 3. The van der Waals surface area contributed by atoms with Crippen LogP contribution in [-0.2, 0) is 10.0 Å². The first-order valence-corrected chi connectivity index (χ1v) is 6.88. The third-order valence-electron chi connectivity index (χ3n) is 2.44. The van der Waals surface area contributed by atoms with Gasteiger partial charge >= 0.3 is 0 Å². The summed E-state index contributed by atoms with van der Waals surface area (Å²) in [4.78, 5) is 14.0. The van der Waals surface area contributed by atoms with E-state index in [-0.39, 0.29) is 11.8 Å². The molecule has 5 nitrogen and oxygen atoms in total. The zero-order chi connectivity index (χ0) is 14.2. The van der Waals surface area contributed by atoms with Crippen LogP contribution in [0.2, 0.25) is 0 Å². The average Bonchev–Trinajstić information content (AvgIpc) is 2.67. The molecule has 0 spiro atoms. The Morgan fingerprint density at radius 1 is 1.37 bits per heavy atom. The molecule has 19 heavy (non-hydrogen) atoms. The topological polar surface area (TPSA) is 69.0 Å². The number of hydrogen-bond acceptors (Lipinski definition) is 4. The van der Waals surface area contributed by atoms with Crippen LogP contribution < -0.4 is 0 Å². The number of aldehydes is 1. The van der Waals surface area contributed by atoms with Gasteiger partial charge in [0, 0.05) is 12.4 Å². The number of carbonyl (C=O) groups is 1. The first-order chi connectivity index (χ1) is 8.86. The van der Waals surface area contributed by atoms with E-state index in [9.17, 15) is 22.0 Å². The molecular weight excluding hydrogens is 278 g/mol.